The molecule has 0 saturated heterocycles. The van der Waals surface area contributed by atoms with Crippen LogP contribution in [0.15, 0.2) is 6.20 Å². The summed E-state index contributed by atoms with van der Waals surface area (Å²) in [6.45, 7) is 6.95. The van der Waals surface area contributed by atoms with Crippen molar-refractivity contribution in [2.24, 2.45) is 7.05 Å². The molecule has 1 aromatic heterocycles. The third-order valence-electron chi connectivity index (χ3n) is 2.42. The van der Waals surface area contributed by atoms with Crippen molar-refractivity contribution in [3.8, 4) is 0 Å². The first-order valence-electron chi connectivity index (χ1n) is 6.02. The second-order valence-corrected chi connectivity index (χ2v) is 4.56. The minimum absolute atomic E-state index is 0.0478. The van der Waals surface area contributed by atoms with E-state index in [9.17, 15) is 4.79 Å². The highest BCUT2D eigenvalue weighted by atomic mass is 16.1. The first kappa shape index (κ1) is 13.7. The van der Waals surface area contributed by atoms with Crippen LogP contribution in [0.2, 0.25) is 0 Å². The van der Waals surface area contributed by atoms with E-state index >= 15 is 0 Å². The number of carbonyl (C=O) groups excluding carboxylic acids is 1. The monoisotopic (exact) mass is 238 g/mol. The van der Waals surface area contributed by atoms with Crippen LogP contribution in [0.5, 0.6) is 0 Å². The summed E-state index contributed by atoms with van der Waals surface area (Å²) < 4.78 is 1.70. The molecular formula is C12H22N4O. The molecule has 5 nitrogen and oxygen atoms in total. The number of rotatable bonds is 6. The molecule has 17 heavy (non-hydrogen) atoms. The van der Waals surface area contributed by atoms with Crippen molar-refractivity contribution in [3.05, 3.63) is 11.9 Å². The zero-order chi connectivity index (χ0) is 12.8. The Morgan fingerprint density at radius 2 is 2.24 bits per heavy atom. The zero-order valence-electron chi connectivity index (χ0n) is 11.1. The van der Waals surface area contributed by atoms with E-state index in [4.69, 9.17) is 0 Å². The minimum Gasteiger partial charge on any atom is -0.323 e. The van der Waals surface area contributed by atoms with Gasteiger partial charge in [0.1, 0.15) is 0 Å². The molecular weight excluding hydrogens is 216 g/mol. The van der Waals surface area contributed by atoms with E-state index < -0.39 is 0 Å². The smallest absolute Gasteiger partial charge is 0.224 e. The van der Waals surface area contributed by atoms with Gasteiger partial charge < -0.3 is 10.6 Å². The van der Waals surface area contributed by atoms with Crippen LogP contribution in [0.1, 0.15) is 32.4 Å². The van der Waals surface area contributed by atoms with Crippen molar-refractivity contribution in [2.75, 3.05) is 11.9 Å². The fourth-order valence-electron chi connectivity index (χ4n) is 1.57. The number of hydrogen-bond donors (Lipinski definition) is 2. The summed E-state index contributed by atoms with van der Waals surface area (Å²) in [6, 6.07) is 0.471. The van der Waals surface area contributed by atoms with Crippen LogP contribution in [-0.4, -0.2) is 28.3 Å². The number of amides is 1. The van der Waals surface area contributed by atoms with E-state index in [1.165, 1.54) is 0 Å². The largest absolute Gasteiger partial charge is 0.323 e. The highest BCUT2D eigenvalue weighted by Crippen LogP contribution is 2.11. The van der Waals surface area contributed by atoms with Crippen LogP contribution in [0, 0.1) is 6.92 Å². The predicted octanol–water partition coefficient (Wildman–Crippen LogP) is 1.45. The molecule has 0 spiro atoms. The summed E-state index contributed by atoms with van der Waals surface area (Å²) in [5.41, 5.74) is 1.65. The number of nitrogens with zero attached hydrogens (tertiary/aromatic N) is 2. The fraction of sp³-hybridized carbons (Fsp3) is 0.667. The quantitative estimate of drug-likeness (QED) is 0.737. The number of hydrogen-bond acceptors (Lipinski definition) is 3. The maximum absolute atomic E-state index is 11.6. The van der Waals surface area contributed by atoms with Gasteiger partial charge in [0.2, 0.25) is 5.91 Å². The van der Waals surface area contributed by atoms with Crippen molar-refractivity contribution in [3.63, 3.8) is 0 Å². The SMILES string of the molecule is Cc1nn(C)cc1NC(=O)CCCNC(C)C. The molecule has 0 atom stereocenters. The van der Waals surface area contributed by atoms with E-state index in [1.807, 2.05) is 20.2 Å². The second-order valence-electron chi connectivity index (χ2n) is 4.56. The van der Waals surface area contributed by atoms with Gasteiger partial charge in [-0.25, -0.2) is 0 Å². The molecule has 0 fully saturated rings. The van der Waals surface area contributed by atoms with E-state index in [-0.39, 0.29) is 5.91 Å². The van der Waals surface area contributed by atoms with E-state index in [1.54, 1.807) is 4.68 Å². The third-order valence-corrected chi connectivity index (χ3v) is 2.42. The van der Waals surface area contributed by atoms with Gasteiger partial charge in [-0.15, -0.1) is 0 Å². The standard InChI is InChI=1S/C12H22N4O/c1-9(2)13-7-5-6-12(17)14-11-8-16(4)15-10(11)3/h8-9,13H,5-7H2,1-4H3,(H,14,17). The van der Waals surface area contributed by atoms with Crippen molar-refractivity contribution >= 4 is 11.6 Å². The van der Waals surface area contributed by atoms with Crippen LogP contribution in [0.3, 0.4) is 0 Å². The predicted molar refractivity (Wildman–Crippen MR) is 68.9 cm³/mol. The molecule has 5 heteroatoms. The van der Waals surface area contributed by atoms with Crippen LogP contribution in [-0.2, 0) is 11.8 Å². The maximum Gasteiger partial charge on any atom is 0.224 e. The number of carbonyl (C=O) groups is 1. The highest BCUT2D eigenvalue weighted by molar-refractivity contribution is 5.91. The lowest BCUT2D eigenvalue weighted by Gasteiger charge is -2.07. The molecule has 0 aromatic carbocycles. The second kappa shape index (κ2) is 6.39. The number of aryl methyl sites for hydroxylation is 2. The topological polar surface area (TPSA) is 59.0 Å². The number of nitrogens with one attached hydrogen (secondary N) is 2. The van der Waals surface area contributed by atoms with Gasteiger partial charge in [-0.1, -0.05) is 13.8 Å². The molecule has 0 bridgehead atoms. The fourth-order valence-corrected chi connectivity index (χ4v) is 1.57. The lowest BCUT2D eigenvalue weighted by atomic mass is 10.2. The molecule has 1 rings (SSSR count). The first-order chi connectivity index (χ1) is 7.99. The molecule has 2 N–H and O–H groups in total. The van der Waals surface area contributed by atoms with Gasteiger partial charge in [0.05, 0.1) is 11.4 Å². The van der Waals surface area contributed by atoms with Crippen molar-refractivity contribution in [2.45, 2.75) is 39.7 Å². The Hall–Kier alpha value is -1.36. The summed E-state index contributed by atoms with van der Waals surface area (Å²) >= 11 is 0. The molecule has 0 aliphatic carbocycles. The molecule has 1 aromatic rings. The minimum atomic E-state index is 0.0478. The van der Waals surface area contributed by atoms with Gasteiger partial charge in [-0.2, -0.15) is 5.10 Å². The Labute approximate surface area is 103 Å². The van der Waals surface area contributed by atoms with Crippen LogP contribution >= 0.6 is 0 Å². The van der Waals surface area contributed by atoms with Gasteiger partial charge in [-0.3, -0.25) is 9.48 Å². The first-order valence-corrected chi connectivity index (χ1v) is 6.02. The molecule has 0 aliphatic rings. The summed E-state index contributed by atoms with van der Waals surface area (Å²) in [5.74, 6) is 0.0478. The Bertz CT molecular complexity index is 371. The zero-order valence-corrected chi connectivity index (χ0v) is 11.1. The third kappa shape index (κ3) is 4.99. The van der Waals surface area contributed by atoms with E-state index in [0.717, 1.165) is 24.3 Å². The van der Waals surface area contributed by atoms with E-state index in [2.05, 4.69) is 29.6 Å². The van der Waals surface area contributed by atoms with Gasteiger partial charge in [-0.05, 0) is 19.9 Å². The van der Waals surface area contributed by atoms with Crippen molar-refractivity contribution in [1.29, 1.82) is 0 Å². The lowest BCUT2D eigenvalue weighted by molar-refractivity contribution is -0.116. The molecule has 96 valence electrons. The van der Waals surface area contributed by atoms with E-state index in [0.29, 0.717) is 12.5 Å². The Morgan fingerprint density at radius 1 is 1.53 bits per heavy atom. The van der Waals surface area contributed by atoms with Crippen LogP contribution in [0.25, 0.3) is 0 Å². The summed E-state index contributed by atoms with van der Waals surface area (Å²) in [6.07, 6.45) is 3.21. The average molecular weight is 238 g/mol. The summed E-state index contributed by atoms with van der Waals surface area (Å²) in [4.78, 5) is 11.6. The summed E-state index contributed by atoms with van der Waals surface area (Å²) in [5, 5.41) is 10.3. The molecule has 0 saturated carbocycles. The molecule has 0 aliphatic heterocycles. The van der Waals surface area contributed by atoms with Crippen LogP contribution in [0.4, 0.5) is 5.69 Å². The number of anilines is 1. The van der Waals surface area contributed by atoms with Gasteiger partial charge in [0.15, 0.2) is 0 Å². The molecule has 0 radical (unpaired) electrons. The van der Waals surface area contributed by atoms with Gasteiger partial charge in [0.25, 0.3) is 0 Å². The van der Waals surface area contributed by atoms with Crippen LogP contribution < -0.4 is 10.6 Å². The molecule has 1 amide bonds. The van der Waals surface area contributed by atoms with Gasteiger partial charge >= 0.3 is 0 Å². The normalized spacial score (nSPS) is 10.9. The molecule has 1 heterocycles. The van der Waals surface area contributed by atoms with Crippen molar-refractivity contribution in [1.82, 2.24) is 15.1 Å². The summed E-state index contributed by atoms with van der Waals surface area (Å²) in [7, 11) is 1.84. The Balaban J connectivity index is 2.28. The lowest BCUT2D eigenvalue weighted by Crippen LogP contribution is -2.24. The Morgan fingerprint density at radius 3 is 2.76 bits per heavy atom. The van der Waals surface area contributed by atoms with Crippen molar-refractivity contribution < 1.29 is 4.79 Å². The van der Waals surface area contributed by atoms with Gasteiger partial charge in [0, 0.05) is 25.7 Å². The maximum atomic E-state index is 11.6. The molecule has 0 unspecified atom stereocenters. The Kier molecular flexibility index (Phi) is 5.15. The number of aromatic nitrogens is 2. The highest BCUT2D eigenvalue weighted by Gasteiger charge is 2.07. The average Bonchev–Trinajstić information content (AvgIpc) is 2.52.